The highest BCUT2D eigenvalue weighted by Crippen LogP contribution is 2.34. The summed E-state index contributed by atoms with van der Waals surface area (Å²) in [5.74, 6) is 0.699. The second-order valence-corrected chi connectivity index (χ2v) is 5.25. The van der Waals surface area contributed by atoms with Gasteiger partial charge in [0.2, 0.25) is 0 Å². The summed E-state index contributed by atoms with van der Waals surface area (Å²) >= 11 is 0. The molecule has 6 heteroatoms. The summed E-state index contributed by atoms with van der Waals surface area (Å²) in [5.41, 5.74) is 9.18. The number of nitrogens with two attached hydrogens (primary N) is 1. The molecule has 1 aliphatic rings. The molecule has 0 saturated heterocycles. The van der Waals surface area contributed by atoms with Crippen LogP contribution in [-0.2, 0) is 6.42 Å². The molecule has 0 amide bonds. The Balaban J connectivity index is 2.08. The van der Waals surface area contributed by atoms with Crippen molar-refractivity contribution in [3.8, 4) is 0 Å². The highest BCUT2D eigenvalue weighted by Gasteiger charge is 2.21. The van der Waals surface area contributed by atoms with Crippen molar-refractivity contribution in [3.63, 3.8) is 0 Å². The van der Waals surface area contributed by atoms with Crippen LogP contribution >= 0.6 is 0 Å². The van der Waals surface area contributed by atoms with Gasteiger partial charge in [-0.1, -0.05) is 17.7 Å². The Morgan fingerprint density at radius 2 is 2.14 bits per heavy atom. The Hall–Kier alpha value is -2.63. The molecule has 0 aliphatic carbocycles. The topological polar surface area (TPSA) is 85.3 Å². The summed E-state index contributed by atoms with van der Waals surface area (Å²) in [5, 5.41) is 11.0. The number of hydrogen-bond donors (Lipinski definition) is 1. The molecule has 2 heterocycles. The number of anilines is 3. The Bertz CT molecular complexity index is 715. The number of nitro groups is 1. The quantitative estimate of drug-likeness (QED) is 0.677. The molecule has 0 spiro atoms. The van der Waals surface area contributed by atoms with Gasteiger partial charge in [-0.15, -0.1) is 0 Å². The van der Waals surface area contributed by atoms with Crippen LogP contribution in [-0.4, -0.2) is 16.5 Å². The Labute approximate surface area is 122 Å². The van der Waals surface area contributed by atoms with E-state index in [-0.39, 0.29) is 11.5 Å². The second kappa shape index (κ2) is 5.05. The van der Waals surface area contributed by atoms with Crippen LogP contribution < -0.4 is 10.6 Å². The molecule has 0 atom stereocenters. The molecular weight excluding hydrogens is 268 g/mol. The fourth-order valence-corrected chi connectivity index (χ4v) is 2.73. The summed E-state index contributed by atoms with van der Waals surface area (Å²) in [6.07, 6.45) is 2.00. The van der Waals surface area contributed by atoms with Crippen LogP contribution in [0, 0.1) is 17.0 Å². The van der Waals surface area contributed by atoms with Crippen molar-refractivity contribution in [2.24, 2.45) is 0 Å². The lowest BCUT2D eigenvalue weighted by molar-refractivity contribution is -0.384. The molecule has 0 fully saturated rings. The first-order chi connectivity index (χ1) is 10.0. The highest BCUT2D eigenvalue weighted by atomic mass is 16.6. The van der Waals surface area contributed by atoms with Crippen LogP contribution in [0.4, 0.5) is 23.0 Å². The summed E-state index contributed by atoms with van der Waals surface area (Å²) in [4.78, 5) is 16.8. The van der Waals surface area contributed by atoms with Gasteiger partial charge < -0.3 is 10.6 Å². The molecule has 0 unspecified atom stereocenters. The van der Waals surface area contributed by atoms with E-state index in [1.165, 1.54) is 23.3 Å². The van der Waals surface area contributed by atoms with E-state index in [9.17, 15) is 10.1 Å². The van der Waals surface area contributed by atoms with Crippen molar-refractivity contribution in [2.45, 2.75) is 19.8 Å². The van der Waals surface area contributed by atoms with Crippen LogP contribution in [0.25, 0.3) is 0 Å². The van der Waals surface area contributed by atoms with E-state index in [2.05, 4.69) is 18.0 Å². The van der Waals surface area contributed by atoms with Crippen molar-refractivity contribution >= 4 is 23.0 Å². The zero-order chi connectivity index (χ0) is 15.0. The number of nitrogens with zero attached hydrogens (tertiary/aromatic N) is 3. The van der Waals surface area contributed by atoms with E-state index in [4.69, 9.17) is 5.73 Å². The summed E-state index contributed by atoms with van der Waals surface area (Å²) in [6, 6.07) is 9.00. The van der Waals surface area contributed by atoms with Crippen LogP contribution in [0.5, 0.6) is 0 Å². The summed E-state index contributed by atoms with van der Waals surface area (Å²) in [6.45, 7) is 2.84. The lowest BCUT2D eigenvalue weighted by Crippen LogP contribution is -2.25. The van der Waals surface area contributed by atoms with Gasteiger partial charge in [-0.05, 0) is 31.4 Å². The third-order valence-corrected chi connectivity index (χ3v) is 3.66. The minimum absolute atomic E-state index is 0.0308. The number of fused-ring (bicyclic) bond motifs is 1. The normalized spacial score (nSPS) is 13.9. The SMILES string of the molecule is Cc1ccc2c(c1)CCCN2c1cc([N+](=O)[O-])cc(N)n1. The fraction of sp³-hybridized carbons (Fsp3) is 0.267. The van der Waals surface area contributed by atoms with E-state index in [1.54, 1.807) is 0 Å². The maximum absolute atomic E-state index is 11.0. The minimum Gasteiger partial charge on any atom is -0.383 e. The van der Waals surface area contributed by atoms with Gasteiger partial charge in [0.1, 0.15) is 11.6 Å². The van der Waals surface area contributed by atoms with E-state index in [0.717, 1.165) is 25.1 Å². The van der Waals surface area contributed by atoms with Crippen molar-refractivity contribution in [1.29, 1.82) is 0 Å². The molecule has 2 aromatic rings. The molecule has 1 aromatic carbocycles. The van der Waals surface area contributed by atoms with Gasteiger partial charge in [-0.25, -0.2) is 4.98 Å². The van der Waals surface area contributed by atoms with Gasteiger partial charge in [-0.2, -0.15) is 0 Å². The zero-order valence-corrected chi connectivity index (χ0v) is 11.7. The van der Waals surface area contributed by atoms with Crippen LogP contribution in [0.2, 0.25) is 0 Å². The smallest absolute Gasteiger partial charge is 0.276 e. The number of pyridine rings is 1. The molecule has 1 aliphatic heterocycles. The molecule has 0 saturated carbocycles. The monoisotopic (exact) mass is 284 g/mol. The van der Waals surface area contributed by atoms with Gasteiger partial charge >= 0.3 is 0 Å². The molecule has 21 heavy (non-hydrogen) atoms. The average Bonchev–Trinajstić information content (AvgIpc) is 2.45. The van der Waals surface area contributed by atoms with Crippen LogP contribution in [0.15, 0.2) is 30.3 Å². The molecule has 0 bridgehead atoms. The largest absolute Gasteiger partial charge is 0.383 e. The number of aryl methyl sites for hydroxylation is 2. The van der Waals surface area contributed by atoms with Gasteiger partial charge in [0.15, 0.2) is 0 Å². The van der Waals surface area contributed by atoms with Gasteiger partial charge in [0.05, 0.1) is 17.1 Å². The lowest BCUT2D eigenvalue weighted by Gasteiger charge is -2.30. The number of benzene rings is 1. The first-order valence-corrected chi connectivity index (χ1v) is 6.83. The third kappa shape index (κ3) is 2.52. The second-order valence-electron chi connectivity index (χ2n) is 5.25. The summed E-state index contributed by atoms with van der Waals surface area (Å²) < 4.78 is 0. The van der Waals surface area contributed by atoms with Gasteiger partial charge in [0, 0.05) is 12.2 Å². The van der Waals surface area contributed by atoms with Gasteiger partial charge in [0.25, 0.3) is 5.69 Å². The Kier molecular flexibility index (Phi) is 3.21. The molecule has 3 rings (SSSR count). The lowest BCUT2D eigenvalue weighted by atomic mass is 9.99. The molecule has 108 valence electrons. The average molecular weight is 284 g/mol. The molecule has 1 aromatic heterocycles. The molecule has 0 radical (unpaired) electrons. The molecule has 2 N–H and O–H groups in total. The first kappa shape index (κ1) is 13.4. The molecule has 6 nitrogen and oxygen atoms in total. The van der Waals surface area contributed by atoms with E-state index >= 15 is 0 Å². The minimum atomic E-state index is -0.443. The van der Waals surface area contributed by atoms with E-state index < -0.39 is 4.92 Å². The first-order valence-electron chi connectivity index (χ1n) is 6.83. The predicted octanol–water partition coefficient (Wildman–Crippen LogP) is 2.96. The van der Waals surface area contributed by atoms with Crippen LogP contribution in [0.3, 0.4) is 0 Å². The van der Waals surface area contributed by atoms with Gasteiger partial charge in [-0.3, -0.25) is 10.1 Å². The van der Waals surface area contributed by atoms with E-state index in [0.29, 0.717) is 5.82 Å². The number of aromatic nitrogens is 1. The van der Waals surface area contributed by atoms with E-state index in [1.807, 2.05) is 17.0 Å². The third-order valence-electron chi connectivity index (χ3n) is 3.66. The zero-order valence-electron chi connectivity index (χ0n) is 11.7. The Morgan fingerprint density at radius 1 is 1.33 bits per heavy atom. The fourth-order valence-electron chi connectivity index (χ4n) is 2.73. The number of rotatable bonds is 2. The standard InChI is InChI=1S/C15H16N4O2/c1-10-4-5-13-11(7-10)3-2-6-18(13)15-9-12(19(20)21)8-14(16)17-15/h4-5,7-9H,2-3,6H2,1H3,(H2,16,17). The maximum Gasteiger partial charge on any atom is 0.276 e. The van der Waals surface area contributed by atoms with Crippen LogP contribution in [0.1, 0.15) is 17.5 Å². The van der Waals surface area contributed by atoms with Crippen molar-refractivity contribution in [1.82, 2.24) is 4.98 Å². The van der Waals surface area contributed by atoms with Crippen molar-refractivity contribution < 1.29 is 4.92 Å². The highest BCUT2D eigenvalue weighted by molar-refractivity contribution is 5.68. The molecular formula is C15H16N4O2. The predicted molar refractivity (Wildman–Crippen MR) is 81.8 cm³/mol. The number of nitrogen functional groups attached to an aromatic ring is 1. The maximum atomic E-state index is 11.0. The van der Waals surface area contributed by atoms with Crippen molar-refractivity contribution in [2.75, 3.05) is 17.2 Å². The van der Waals surface area contributed by atoms with Crippen molar-refractivity contribution in [3.05, 3.63) is 51.6 Å². The summed E-state index contributed by atoms with van der Waals surface area (Å²) in [7, 11) is 0. The Morgan fingerprint density at radius 3 is 2.90 bits per heavy atom. The number of hydrogen-bond acceptors (Lipinski definition) is 5.